The molecule has 3 nitrogen and oxygen atoms in total. The van der Waals surface area contributed by atoms with Crippen LogP contribution in [0.25, 0.3) is 0 Å². The molecule has 0 N–H and O–H groups in total. The van der Waals surface area contributed by atoms with E-state index >= 15 is 0 Å². The fourth-order valence-electron chi connectivity index (χ4n) is 4.08. The lowest BCUT2D eigenvalue weighted by Crippen LogP contribution is -2.28. The Kier molecular flexibility index (Phi) is 5.81. The van der Waals surface area contributed by atoms with Crippen molar-refractivity contribution in [2.75, 3.05) is 11.4 Å². The number of hydrogen-bond donors (Lipinski definition) is 0. The number of nitriles is 1. The average molecular weight is 383 g/mol. The maximum atomic E-state index is 9.03. The molecule has 0 amide bonds. The number of anilines is 1. The fourth-order valence-corrected chi connectivity index (χ4v) is 4.08. The molecule has 1 aliphatic rings. The van der Waals surface area contributed by atoms with Crippen LogP contribution in [-0.4, -0.2) is 12.6 Å². The van der Waals surface area contributed by atoms with E-state index in [4.69, 9.17) is 10.00 Å². The molecule has 146 valence electrons. The van der Waals surface area contributed by atoms with Crippen molar-refractivity contribution in [3.05, 3.63) is 89.5 Å². The van der Waals surface area contributed by atoms with Gasteiger partial charge >= 0.3 is 0 Å². The number of hydrogen-bond acceptors (Lipinski definition) is 3. The quantitative estimate of drug-likeness (QED) is 0.505. The van der Waals surface area contributed by atoms with Gasteiger partial charge in [-0.2, -0.15) is 5.26 Å². The van der Waals surface area contributed by atoms with Gasteiger partial charge in [-0.05, 0) is 79.3 Å². The van der Waals surface area contributed by atoms with Gasteiger partial charge in [-0.3, -0.25) is 0 Å². The minimum Gasteiger partial charge on any atom is -0.457 e. The van der Waals surface area contributed by atoms with Crippen LogP contribution < -0.4 is 9.64 Å². The van der Waals surface area contributed by atoms with E-state index in [1.165, 1.54) is 22.4 Å². The summed E-state index contributed by atoms with van der Waals surface area (Å²) < 4.78 is 6.11. The molecule has 29 heavy (non-hydrogen) atoms. The zero-order valence-corrected chi connectivity index (χ0v) is 16.8. The Morgan fingerprint density at radius 2 is 1.83 bits per heavy atom. The summed E-state index contributed by atoms with van der Waals surface area (Å²) in [6.45, 7) is 3.17. The van der Waals surface area contributed by atoms with Crippen LogP contribution in [0.5, 0.6) is 11.5 Å². The van der Waals surface area contributed by atoms with Gasteiger partial charge in [-0.1, -0.05) is 36.4 Å². The molecule has 1 heterocycles. The Hall–Kier alpha value is -3.25. The van der Waals surface area contributed by atoms with Crippen molar-refractivity contribution < 1.29 is 4.74 Å². The molecule has 0 aliphatic carbocycles. The third-order valence-corrected chi connectivity index (χ3v) is 5.66. The first-order valence-corrected chi connectivity index (χ1v) is 10.3. The summed E-state index contributed by atoms with van der Waals surface area (Å²) in [4.78, 5) is 2.34. The highest BCUT2D eigenvalue weighted by atomic mass is 16.5. The maximum absolute atomic E-state index is 9.03. The minimum atomic E-state index is 0.338. The Morgan fingerprint density at radius 3 is 2.62 bits per heavy atom. The van der Waals surface area contributed by atoms with Crippen LogP contribution in [-0.2, 0) is 6.42 Å². The van der Waals surface area contributed by atoms with E-state index in [-0.39, 0.29) is 0 Å². The van der Waals surface area contributed by atoms with Crippen molar-refractivity contribution in [3.8, 4) is 17.6 Å². The zero-order chi connectivity index (χ0) is 20.1. The van der Waals surface area contributed by atoms with Crippen molar-refractivity contribution in [3.63, 3.8) is 0 Å². The van der Waals surface area contributed by atoms with E-state index in [1.807, 2.05) is 24.3 Å². The van der Waals surface area contributed by atoms with Gasteiger partial charge in [-0.25, -0.2) is 0 Å². The number of ether oxygens (including phenoxy) is 1. The Bertz CT molecular complexity index is 1000. The molecule has 0 bridgehead atoms. The highest BCUT2D eigenvalue weighted by molar-refractivity contribution is 5.51. The first-order chi connectivity index (χ1) is 14.2. The van der Waals surface area contributed by atoms with Crippen LogP contribution >= 0.6 is 0 Å². The van der Waals surface area contributed by atoms with Crippen LogP contribution in [0.2, 0.25) is 0 Å². The van der Waals surface area contributed by atoms with Crippen molar-refractivity contribution in [2.45, 2.75) is 38.6 Å². The van der Waals surface area contributed by atoms with E-state index in [1.54, 1.807) is 0 Å². The van der Waals surface area contributed by atoms with E-state index < -0.39 is 0 Å². The topological polar surface area (TPSA) is 36.3 Å². The predicted octanol–water partition coefficient (Wildman–Crippen LogP) is 6.26. The standard InChI is InChI=1S/C26H26N2O/c1-20-6-2-3-8-22(20)18-21-7-4-10-26(19-21)29-25-13-11-24(12-14-25)28-17-5-9-23(28)15-16-27/h2-4,6-8,10-14,19,23H,5,9,15,17-18H2,1H3. The van der Waals surface area contributed by atoms with Crippen LogP contribution in [0, 0.1) is 18.3 Å². The molecule has 0 spiro atoms. The molecular weight excluding hydrogens is 356 g/mol. The van der Waals surface area contributed by atoms with Crippen LogP contribution in [0.15, 0.2) is 72.8 Å². The molecule has 3 aromatic rings. The summed E-state index contributed by atoms with van der Waals surface area (Å²) >= 11 is 0. The van der Waals surface area contributed by atoms with E-state index in [0.29, 0.717) is 12.5 Å². The van der Waals surface area contributed by atoms with E-state index in [0.717, 1.165) is 37.3 Å². The molecule has 1 unspecified atom stereocenters. The summed E-state index contributed by atoms with van der Waals surface area (Å²) in [6.07, 6.45) is 3.74. The number of rotatable bonds is 6. The highest BCUT2D eigenvalue weighted by Gasteiger charge is 2.24. The second-order valence-corrected chi connectivity index (χ2v) is 7.70. The molecule has 1 aliphatic heterocycles. The lowest BCUT2D eigenvalue weighted by Gasteiger charge is -2.25. The highest BCUT2D eigenvalue weighted by Crippen LogP contribution is 2.30. The number of benzene rings is 3. The summed E-state index contributed by atoms with van der Waals surface area (Å²) in [7, 11) is 0. The Morgan fingerprint density at radius 1 is 1.00 bits per heavy atom. The molecule has 0 radical (unpaired) electrons. The molecule has 0 saturated carbocycles. The van der Waals surface area contributed by atoms with E-state index in [9.17, 15) is 0 Å². The van der Waals surface area contributed by atoms with Gasteiger partial charge < -0.3 is 9.64 Å². The van der Waals surface area contributed by atoms with Crippen LogP contribution in [0.1, 0.15) is 36.0 Å². The molecule has 1 fully saturated rings. The minimum absolute atomic E-state index is 0.338. The summed E-state index contributed by atoms with van der Waals surface area (Å²) in [5.74, 6) is 1.69. The zero-order valence-electron chi connectivity index (χ0n) is 16.8. The van der Waals surface area contributed by atoms with Gasteiger partial charge in [0, 0.05) is 18.3 Å². The Labute approximate surface area is 173 Å². The largest absolute Gasteiger partial charge is 0.457 e. The van der Waals surface area contributed by atoms with Gasteiger partial charge in [0.2, 0.25) is 0 Å². The third kappa shape index (κ3) is 4.60. The molecular formula is C26H26N2O. The summed E-state index contributed by atoms with van der Waals surface area (Å²) in [6, 6.07) is 27.7. The molecule has 1 saturated heterocycles. The van der Waals surface area contributed by atoms with Gasteiger partial charge in [0.1, 0.15) is 11.5 Å². The molecule has 3 heteroatoms. The van der Waals surface area contributed by atoms with Crippen molar-refractivity contribution in [1.29, 1.82) is 5.26 Å². The lowest BCUT2D eigenvalue weighted by molar-refractivity contribution is 0.482. The fraction of sp³-hybridized carbons (Fsp3) is 0.269. The smallest absolute Gasteiger partial charge is 0.127 e. The normalized spacial score (nSPS) is 15.9. The number of aryl methyl sites for hydroxylation is 1. The van der Waals surface area contributed by atoms with E-state index in [2.05, 4.69) is 66.4 Å². The summed E-state index contributed by atoms with van der Waals surface area (Å²) in [5.41, 5.74) is 5.06. The Balaban J connectivity index is 1.44. The summed E-state index contributed by atoms with van der Waals surface area (Å²) in [5, 5.41) is 9.03. The van der Waals surface area contributed by atoms with Gasteiger partial charge in [0.25, 0.3) is 0 Å². The first kappa shape index (κ1) is 19.1. The number of nitrogens with zero attached hydrogens (tertiary/aromatic N) is 2. The van der Waals surface area contributed by atoms with Gasteiger partial charge in [0.15, 0.2) is 0 Å². The second-order valence-electron chi connectivity index (χ2n) is 7.70. The lowest BCUT2D eigenvalue weighted by atomic mass is 10.0. The van der Waals surface area contributed by atoms with Gasteiger partial charge in [0.05, 0.1) is 12.5 Å². The molecule has 0 aromatic heterocycles. The van der Waals surface area contributed by atoms with Crippen molar-refractivity contribution in [2.24, 2.45) is 0 Å². The average Bonchev–Trinajstić information content (AvgIpc) is 3.19. The monoisotopic (exact) mass is 382 g/mol. The van der Waals surface area contributed by atoms with Crippen LogP contribution in [0.4, 0.5) is 5.69 Å². The SMILES string of the molecule is Cc1ccccc1Cc1cccc(Oc2ccc(N3CCCC3CC#N)cc2)c1. The predicted molar refractivity (Wildman–Crippen MR) is 118 cm³/mol. The van der Waals surface area contributed by atoms with Gasteiger partial charge in [-0.15, -0.1) is 0 Å². The maximum Gasteiger partial charge on any atom is 0.127 e. The first-order valence-electron chi connectivity index (χ1n) is 10.3. The molecule has 3 aromatic carbocycles. The van der Waals surface area contributed by atoms with Crippen molar-refractivity contribution >= 4 is 5.69 Å². The van der Waals surface area contributed by atoms with Crippen molar-refractivity contribution in [1.82, 2.24) is 0 Å². The second kappa shape index (κ2) is 8.84. The third-order valence-electron chi connectivity index (χ3n) is 5.66. The molecule has 4 rings (SSSR count). The molecule has 1 atom stereocenters. The van der Waals surface area contributed by atoms with Crippen LogP contribution in [0.3, 0.4) is 0 Å².